The molecule has 0 saturated heterocycles. The predicted molar refractivity (Wildman–Crippen MR) is 35.7 cm³/mol. The van der Waals surface area contributed by atoms with E-state index in [1.165, 1.54) is 0 Å². The van der Waals surface area contributed by atoms with Gasteiger partial charge >= 0.3 is 0 Å². The molecule has 0 rings (SSSR count). The van der Waals surface area contributed by atoms with Crippen molar-refractivity contribution in [1.29, 1.82) is 0 Å². The zero-order chi connectivity index (χ0) is 6.83. The lowest BCUT2D eigenvalue weighted by atomic mass is 10.8. The SMILES string of the molecule is CCNOC.CNC. The zero-order valence-electron chi connectivity index (χ0n) is 6.12. The summed E-state index contributed by atoms with van der Waals surface area (Å²) in [6, 6.07) is 0. The number of rotatable bonds is 2. The van der Waals surface area contributed by atoms with E-state index in [1.54, 1.807) is 7.11 Å². The molecule has 0 aliphatic rings. The molecular weight excluding hydrogens is 104 g/mol. The third kappa shape index (κ3) is 39.6. The lowest BCUT2D eigenvalue weighted by Crippen LogP contribution is -2.08. The van der Waals surface area contributed by atoms with E-state index in [2.05, 4.69) is 15.6 Å². The average Bonchev–Trinajstić information content (AvgIpc) is 1.71. The Morgan fingerprint density at radius 2 is 1.75 bits per heavy atom. The second-order valence-electron chi connectivity index (χ2n) is 1.20. The Kier molecular flexibility index (Phi) is 21.3. The van der Waals surface area contributed by atoms with Crippen molar-refractivity contribution in [1.82, 2.24) is 10.8 Å². The zero-order valence-corrected chi connectivity index (χ0v) is 6.12. The van der Waals surface area contributed by atoms with Gasteiger partial charge in [-0.05, 0) is 14.1 Å². The van der Waals surface area contributed by atoms with Crippen LogP contribution in [0.5, 0.6) is 0 Å². The molecule has 2 N–H and O–H groups in total. The molecule has 0 aliphatic carbocycles. The number of hydroxylamine groups is 1. The van der Waals surface area contributed by atoms with Crippen molar-refractivity contribution in [3.05, 3.63) is 0 Å². The smallest absolute Gasteiger partial charge is 0.0572 e. The van der Waals surface area contributed by atoms with E-state index in [1.807, 2.05) is 21.0 Å². The summed E-state index contributed by atoms with van der Waals surface area (Å²) in [4.78, 5) is 4.44. The van der Waals surface area contributed by atoms with Crippen LogP contribution in [-0.4, -0.2) is 27.7 Å². The second kappa shape index (κ2) is 15.8. The van der Waals surface area contributed by atoms with Gasteiger partial charge in [0.15, 0.2) is 0 Å². The lowest BCUT2D eigenvalue weighted by Gasteiger charge is -1.88. The molecule has 0 unspecified atom stereocenters. The third-order valence-electron chi connectivity index (χ3n) is 0.289. The molecule has 0 heterocycles. The van der Waals surface area contributed by atoms with Gasteiger partial charge in [-0.1, -0.05) is 6.92 Å². The average molecular weight is 120 g/mol. The summed E-state index contributed by atoms with van der Waals surface area (Å²) in [5, 5.41) is 2.75. The van der Waals surface area contributed by atoms with E-state index < -0.39 is 0 Å². The maximum atomic E-state index is 4.44. The highest BCUT2D eigenvalue weighted by molar-refractivity contribution is 4.08. The van der Waals surface area contributed by atoms with Crippen molar-refractivity contribution >= 4 is 0 Å². The molecule has 0 bridgehead atoms. The molecule has 52 valence electrons. The summed E-state index contributed by atoms with van der Waals surface area (Å²) in [7, 11) is 5.35. The summed E-state index contributed by atoms with van der Waals surface area (Å²) < 4.78 is 0. The van der Waals surface area contributed by atoms with Crippen LogP contribution in [-0.2, 0) is 4.84 Å². The molecule has 0 spiro atoms. The molecule has 0 radical (unpaired) electrons. The van der Waals surface area contributed by atoms with Gasteiger partial charge in [-0.15, -0.1) is 0 Å². The molecule has 0 aromatic rings. The van der Waals surface area contributed by atoms with E-state index in [0.29, 0.717) is 0 Å². The fraction of sp³-hybridized carbons (Fsp3) is 1.00. The van der Waals surface area contributed by atoms with Crippen molar-refractivity contribution in [3.8, 4) is 0 Å². The van der Waals surface area contributed by atoms with Gasteiger partial charge < -0.3 is 10.2 Å². The van der Waals surface area contributed by atoms with Crippen molar-refractivity contribution in [2.45, 2.75) is 6.92 Å². The van der Waals surface area contributed by atoms with Crippen molar-refractivity contribution < 1.29 is 4.84 Å². The van der Waals surface area contributed by atoms with Crippen LogP contribution < -0.4 is 10.8 Å². The number of hydrogen-bond donors (Lipinski definition) is 2. The Labute approximate surface area is 51.4 Å². The Morgan fingerprint density at radius 3 is 1.75 bits per heavy atom. The number of hydrogen-bond acceptors (Lipinski definition) is 3. The molecule has 0 aromatic carbocycles. The Hall–Kier alpha value is -0.120. The van der Waals surface area contributed by atoms with E-state index in [0.717, 1.165) is 6.54 Å². The van der Waals surface area contributed by atoms with Gasteiger partial charge in [0.05, 0.1) is 7.11 Å². The van der Waals surface area contributed by atoms with Crippen LogP contribution in [0.1, 0.15) is 6.92 Å². The van der Waals surface area contributed by atoms with E-state index in [4.69, 9.17) is 0 Å². The highest BCUT2D eigenvalue weighted by Gasteiger charge is 1.61. The quantitative estimate of drug-likeness (QED) is 0.503. The number of nitrogens with one attached hydrogen (secondary N) is 2. The highest BCUT2D eigenvalue weighted by Crippen LogP contribution is 1.47. The molecule has 0 saturated carbocycles. The topological polar surface area (TPSA) is 33.3 Å². The minimum atomic E-state index is 0.872. The summed E-state index contributed by atoms with van der Waals surface area (Å²) >= 11 is 0. The van der Waals surface area contributed by atoms with E-state index in [-0.39, 0.29) is 0 Å². The van der Waals surface area contributed by atoms with Gasteiger partial charge in [-0.2, -0.15) is 0 Å². The van der Waals surface area contributed by atoms with Crippen LogP contribution in [0.3, 0.4) is 0 Å². The van der Waals surface area contributed by atoms with Crippen LogP contribution in [0.15, 0.2) is 0 Å². The molecule has 0 fully saturated rings. The summed E-state index contributed by atoms with van der Waals surface area (Å²) in [6.45, 7) is 2.85. The molecule has 0 atom stereocenters. The van der Waals surface area contributed by atoms with E-state index in [9.17, 15) is 0 Å². The minimum absolute atomic E-state index is 0.872. The fourth-order valence-corrected chi connectivity index (χ4v) is 0.144. The summed E-state index contributed by atoms with van der Waals surface area (Å²) in [5.74, 6) is 0. The standard InChI is InChI=1S/C3H9NO.C2H7N/c1-3-4-5-2;1-3-2/h4H,3H2,1-2H3;3H,1-2H3. The van der Waals surface area contributed by atoms with Gasteiger partial charge in [0, 0.05) is 6.54 Å². The third-order valence-corrected chi connectivity index (χ3v) is 0.289. The Balaban J connectivity index is 0. The van der Waals surface area contributed by atoms with E-state index >= 15 is 0 Å². The monoisotopic (exact) mass is 120 g/mol. The first kappa shape index (κ1) is 10.8. The van der Waals surface area contributed by atoms with Gasteiger partial charge in [0.2, 0.25) is 0 Å². The van der Waals surface area contributed by atoms with Crippen molar-refractivity contribution in [2.75, 3.05) is 27.7 Å². The Bertz CT molecular complexity index is 24.4. The lowest BCUT2D eigenvalue weighted by molar-refractivity contribution is 0.0962. The minimum Gasteiger partial charge on any atom is -0.323 e. The second-order valence-corrected chi connectivity index (χ2v) is 1.20. The normalized spacial score (nSPS) is 7.50. The van der Waals surface area contributed by atoms with Crippen molar-refractivity contribution in [2.24, 2.45) is 0 Å². The van der Waals surface area contributed by atoms with Crippen molar-refractivity contribution in [3.63, 3.8) is 0 Å². The molecular formula is C5H16N2O. The predicted octanol–water partition coefficient (Wildman–Crippen LogP) is -0.00710. The first-order chi connectivity index (χ1) is 3.83. The van der Waals surface area contributed by atoms with Gasteiger partial charge in [-0.3, -0.25) is 0 Å². The van der Waals surface area contributed by atoms with Crippen LogP contribution in [0.25, 0.3) is 0 Å². The molecule has 0 aromatic heterocycles. The maximum absolute atomic E-state index is 4.44. The molecule has 0 aliphatic heterocycles. The molecule has 3 heteroatoms. The highest BCUT2D eigenvalue weighted by atomic mass is 16.6. The van der Waals surface area contributed by atoms with Gasteiger partial charge in [0.25, 0.3) is 0 Å². The van der Waals surface area contributed by atoms with Crippen LogP contribution in [0.2, 0.25) is 0 Å². The van der Waals surface area contributed by atoms with Crippen LogP contribution in [0, 0.1) is 0 Å². The molecule has 0 amide bonds. The van der Waals surface area contributed by atoms with Crippen LogP contribution >= 0.6 is 0 Å². The Morgan fingerprint density at radius 1 is 1.38 bits per heavy atom. The summed E-state index contributed by atoms with van der Waals surface area (Å²) in [6.07, 6.45) is 0. The van der Waals surface area contributed by atoms with Crippen LogP contribution in [0.4, 0.5) is 0 Å². The first-order valence-electron chi connectivity index (χ1n) is 2.67. The van der Waals surface area contributed by atoms with Gasteiger partial charge in [0.1, 0.15) is 0 Å². The van der Waals surface area contributed by atoms with Gasteiger partial charge in [-0.25, -0.2) is 5.48 Å². The molecule has 8 heavy (non-hydrogen) atoms. The first-order valence-corrected chi connectivity index (χ1v) is 2.67. The largest absolute Gasteiger partial charge is 0.323 e. The fourth-order valence-electron chi connectivity index (χ4n) is 0.144. The maximum Gasteiger partial charge on any atom is 0.0572 e. The summed E-state index contributed by atoms with van der Waals surface area (Å²) in [5.41, 5.74) is 2.61. The molecule has 3 nitrogen and oxygen atoms in total.